The number of carbonyl (C=O) groups is 1. The molecule has 2 heterocycles. The standard InChI is InChI=1S/C20H23ClN4O4/c1-12-16(20(26)29-3)17(13-7-6-8-14(11-13)25(27)28)18-15(9-4-5-10-21)23-24(2)19(18)22-12/h6-8,11,16-17H,4-5,9-10H2,1-3H3. The van der Waals surface area contributed by atoms with Crippen molar-refractivity contribution in [3.05, 3.63) is 51.2 Å². The lowest BCUT2D eigenvalue weighted by Gasteiger charge is -2.29. The average molecular weight is 419 g/mol. The van der Waals surface area contributed by atoms with Gasteiger partial charge in [-0.15, -0.1) is 11.6 Å². The fourth-order valence-corrected chi connectivity index (χ4v) is 4.07. The van der Waals surface area contributed by atoms with Crippen LogP contribution in [0.3, 0.4) is 0 Å². The predicted octanol–water partition coefficient (Wildman–Crippen LogP) is 3.92. The van der Waals surface area contributed by atoms with Crippen molar-refractivity contribution < 1.29 is 14.5 Å². The summed E-state index contributed by atoms with van der Waals surface area (Å²) in [5.74, 6) is -0.338. The maximum Gasteiger partial charge on any atom is 0.315 e. The molecule has 0 spiro atoms. The average Bonchev–Trinajstić information content (AvgIpc) is 3.01. The molecule has 8 nitrogen and oxygen atoms in total. The van der Waals surface area contributed by atoms with E-state index in [-0.39, 0.29) is 5.69 Å². The molecule has 0 saturated carbocycles. The molecule has 0 fully saturated rings. The number of hydrogen-bond donors (Lipinski definition) is 0. The van der Waals surface area contributed by atoms with Crippen LogP contribution in [0.25, 0.3) is 0 Å². The summed E-state index contributed by atoms with van der Waals surface area (Å²) in [6.07, 6.45) is 2.38. The van der Waals surface area contributed by atoms with Gasteiger partial charge in [0, 0.05) is 42.3 Å². The van der Waals surface area contributed by atoms with Crippen LogP contribution in [0, 0.1) is 16.0 Å². The Morgan fingerprint density at radius 2 is 2.14 bits per heavy atom. The maximum atomic E-state index is 12.7. The van der Waals surface area contributed by atoms with E-state index in [2.05, 4.69) is 10.1 Å². The van der Waals surface area contributed by atoms with Gasteiger partial charge in [-0.2, -0.15) is 5.10 Å². The quantitative estimate of drug-likeness (QED) is 0.223. The number of rotatable bonds is 7. The zero-order chi connectivity index (χ0) is 21.1. The number of aryl methyl sites for hydroxylation is 2. The number of carbonyl (C=O) groups excluding carboxylic acids is 1. The van der Waals surface area contributed by atoms with Crippen LogP contribution in [0.5, 0.6) is 0 Å². The monoisotopic (exact) mass is 418 g/mol. The van der Waals surface area contributed by atoms with Gasteiger partial charge in [0.05, 0.1) is 17.7 Å². The van der Waals surface area contributed by atoms with Crippen molar-refractivity contribution in [2.75, 3.05) is 13.0 Å². The maximum absolute atomic E-state index is 12.7. The molecule has 1 aliphatic rings. The lowest BCUT2D eigenvalue weighted by molar-refractivity contribution is -0.384. The van der Waals surface area contributed by atoms with Gasteiger partial charge < -0.3 is 4.74 Å². The van der Waals surface area contributed by atoms with Crippen molar-refractivity contribution in [2.45, 2.75) is 32.1 Å². The van der Waals surface area contributed by atoms with E-state index in [0.717, 1.165) is 24.1 Å². The van der Waals surface area contributed by atoms with E-state index in [1.807, 2.05) is 7.05 Å². The molecular formula is C20H23ClN4O4. The zero-order valence-electron chi connectivity index (χ0n) is 16.6. The van der Waals surface area contributed by atoms with Crippen LogP contribution in [-0.2, 0) is 23.0 Å². The number of nitrogens with zero attached hydrogens (tertiary/aromatic N) is 4. The number of nitro benzene ring substituents is 1. The van der Waals surface area contributed by atoms with Crippen LogP contribution in [-0.4, -0.2) is 39.4 Å². The summed E-state index contributed by atoms with van der Waals surface area (Å²) in [6, 6.07) is 6.38. The topological polar surface area (TPSA) is 99.6 Å². The number of aliphatic imine (C=N–C) groups is 1. The van der Waals surface area contributed by atoms with Crippen LogP contribution < -0.4 is 0 Å². The lowest BCUT2D eigenvalue weighted by Crippen LogP contribution is -2.33. The normalized spacial score (nSPS) is 18.1. The number of ether oxygens (including phenoxy) is 1. The van der Waals surface area contributed by atoms with Gasteiger partial charge in [0.25, 0.3) is 5.69 Å². The summed E-state index contributed by atoms with van der Waals surface area (Å²) in [5, 5.41) is 16.0. The Morgan fingerprint density at radius 3 is 2.79 bits per heavy atom. The van der Waals surface area contributed by atoms with Crippen LogP contribution in [0.1, 0.15) is 42.5 Å². The molecule has 29 heavy (non-hydrogen) atoms. The number of unbranched alkanes of at least 4 members (excludes halogenated alkanes) is 1. The first-order valence-corrected chi connectivity index (χ1v) is 9.91. The number of aromatic nitrogens is 2. The second-order valence-electron chi connectivity index (χ2n) is 7.04. The van der Waals surface area contributed by atoms with E-state index in [0.29, 0.717) is 29.4 Å². The van der Waals surface area contributed by atoms with Gasteiger partial charge in [-0.1, -0.05) is 12.1 Å². The number of alkyl halides is 1. The van der Waals surface area contributed by atoms with Crippen LogP contribution >= 0.6 is 11.6 Å². The number of esters is 1. The van der Waals surface area contributed by atoms with E-state index in [9.17, 15) is 14.9 Å². The Hall–Kier alpha value is -2.74. The largest absolute Gasteiger partial charge is 0.468 e. The predicted molar refractivity (Wildman–Crippen MR) is 110 cm³/mol. The Bertz CT molecular complexity index is 969. The number of hydrogen-bond acceptors (Lipinski definition) is 6. The van der Waals surface area contributed by atoms with Crippen molar-refractivity contribution in [3.8, 4) is 0 Å². The van der Waals surface area contributed by atoms with Gasteiger partial charge in [-0.25, -0.2) is 4.99 Å². The first kappa shape index (κ1) is 21.0. The summed E-state index contributed by atoms with van der Waals surface area (Å²) in [6.45, 7) is 1.77. The zero-order valence-corrected chi connectivity index (χ0v) is 17.3. The van der Waals surface area contributed by atoms with Gasteiger partial charge in [0.2, 0.25) is 0 Å². The molecule has 0 N–H and O–H groups in total. The first-order valence-electron chi connectivity index (χ1n) is 9.38. The smallest absolute Gasteiger partial charge is 0.315 e. The molecule has 1 aromatic heterocycles. The molecular weight excluding hydrogens is 396 g/mol. The van der Waals surface area contributed by atoms with E-state index in [4.69, 9.17) is 16.3 Å². The van der Waals surface area contributed by atoms with Crippen LogP contribution in [0.15, 0.2) is 29.3 Å². The van der Waals surface area contributed by atoms with E-state index < -0.39 is 22.7 Å². The molecule has 2 aromatic rings. The van der Waals surface area contributed by atoms with Crippen molar-refractivity contribution in [2.24, 2.45) is 18.0 Å². The van der Waals surface area contributed by atoms with Gasteiger partial charge >= 0.3 is 5.97 Å². The van der Waals surface area contributed by atoms with Gasteiger partial charge in [-0.05, 0) is 31.7 Å². The number of non-ortho nitro benzene ring substituents is 1. The molecule has 154 valence electrons. The number of benzene rings is 1. The van der Waals surface area contributed by atoms with Gasteiger partial charge in [0.15, 0.2) is 5.82 Å². The van der Waals surface area contributed by atoms with E-state index >= 15 is 0 Å². The number of nitro groups is 1. The third-order valence-corrected chi connectivity index (χ3v) is 5.47. The highest BCUT2D eigenvalue weighted by atomic mass is 35.5. The van der Waals surface area contributed by atoms with Crippen molar-refractivity contribution in [1.82, 2.24) is 9.78 Å². The third-order valence-electron chi connectivity index (χ3n) is 5.20. The SMILES string of the molecule is COC(=O)C1C(C)=Nc2c(c(CCCCCl)nn2C)C1c1cccc([N+](=O)[O-])c1. The molecule has 3 rings (SSSR count). The fourth-order valence-electron chi connectivity index (χ4n) is 3.88. The summed E-state index contributed by atoms with van der Waals surface area (Å²) in [4.78, 5) is 28.2. The van der Waals surface area contributed by atoms with Gasteiger partial charge in [-0.3, -0.25) is 19.6 Å². The summed E-state index contributed by atoms with van der Waals surface area (Å²) in [7, 11) is 3.14. The molecule has 2 atom stereocenters. The molecule has 9 heteroatoms. The molecule has 1 aromatic carbocycles. The Kier molecular flexibility index (Phi) is 6.32. The molecule has 0 aliphatic carbocycles. The lowest BCUT2D eigenvalue weighted by atomic mass is 9.76. The first-order chi connectivity index (χ1) is 13.9. The Morgan fingerprint density at radius 1 is 1.38 bits per heavy atom. The number of halogens is 1. The minimum atomic E-state index is -0.675. The van der Waals surface area contributed by atoms with Crippen molar-refractivity contribution in [1.29, 1.82) is 0 Å². The second kappa shape index (κ2) is 8.73. The Labute approximate surface area is 173 Å². The highest BCUT2D eigenvalue weighted by molar-refractivity contribution is 6.17. The number of methoxy groups -OCH3 is 1. The molecule has 0 bridgehead atoms. The van der Waals surface area contributed by atoms with Gasteiger partial charge in [0.1, 0.15) is 5.92 Å². The minimum Gasteiger partial charge on any atom is -0.468 e. The Balaban J connectivity index is 2.20. The third kappa shape index (κ3) is 4.03. The fraction of sp³-hybridized carbons (Fsp3) is 0.450. The highest BCUT2D eigenvalue weighted by Crippen LogP contribution is 2.45. The molecule has 0 amide bonds. The summed E-state index contributed by atoms with van der Waals surface area (Å²) in [5.41, 5.74) is 2.88. The van der Waals surface area contributed by atoms with Crippen molar-refractivity contribution >= 4 is 34.8 Å². The highest BCUT2D eigenvalue weighted by Gasteiger charge is 2.42. The van der Waals surface area contributed by atoms with Crippen LogP contribution in [0.4, 0.5) is 11.5 Å². The van der Waals surface area contributed by atoms with Crippen molar-refractivity contribution in [3.63, 3.8) is 0 Å². The minimum absolute atomic E-state index is 0.0274. The summed E-state index contributed by atoms with van der Waals surface area (Å²) < 4.78 is 6.75. The second-order valence-corrected chi connectivity index (χ2v) is 7.42. The molecule has 1 aliphatic heterocycles. The number of fused-ring (bicyclic) bond motifs is 1. The molecule has 2 unspecified atom stereocenters. The van der Waals surface area contributed by atoms with E-state index in [1.54, 1.807) is 23.7 Å². The van der Waals surface area contributed by atoms with Crippen LogP contribution in [0.2, 0.25) is 0 Å². The van der Waals surface area contributed by atoms with E-state index in [1.165, 1.54) is 19.2 Å². The molecule has 0 radical (unpaired) electrons. The molecule has 0 saturated heterocycles. The summed E-state index contributed by atoms with van der Waals surface area (Å²) >= 11 is 5.82.